The van der Waals surface area contributed by atoms with E-state index >= 15 is 0 Å². The zero-order valence-electron chi connectivity index (χ0n) is 6.43. The number of carbonyl (C=O) groups is 1. The molecule has 0 fully saturated rings. The zero-order chi connectivity index (χ0) is 8.48. The molecule has 0 aromatic carbocycles. The number of hydrogen-bond acceptors (Lipinski definition) is 2. The lowest BCUT2D eigenvalue weighted by Crippen LogP contribution is -2.23. The highest BCUT2D eigenvalue weighted by molar-refractivity contribution is 7.08. The van der Waals surface area contributed by atoms with Gasteiger partial charge in [0.15, 0.2) is 0 Å². The predicted molar refractivity (Wildman–Crippen MR) is 48.2 cm³/mol. The Bertz CT molecular complexity index is 251. The maximum Gasteiger partial charge on any atom is 0.231 e. The second kappa shape index (κ2) is 2.95. The van der Waals surface area contributed by atoms with E-state index in [1.165, 1.54) is 0 Å². The maximum atomic E-state index is 10.9. The van der Waals surface area contributed by atoms with Crippen molar-refractivity contribution < 1.29 is 4.79 Å². The van der Waals surface area contributed by atoms with Gasteiger partial charge in [0.2, 0.25) is 5.24 Å². The van der Waals surface area contributed by atoms with Gasteiger partial charge in [0.1, 0.15) is 0 Å². The normalized spacial score (nSPS) is 11.5. The van der Waals surface area contributed by atoms with E-state index in [9.17, 15) is 4.79 Å². The molecule has 0 saturated carbocycles. The van der Waals surface area contributed by atoms with Crippen LogP contribution in [0.4, 0.5) is 0 Å². The molecule has 1 aromatic rings. The molecule has 0 atom stereocenters. The average Bonchev–Trinajstić information content (AvgIpc) is 2.37. The summed E-state index contributed by atoms with van der Waals surface area (Å²) in [6, 6.07) is 1.92. The molecule has 11 heavy (non-hydrogen) atoms. The van der Waals surface area contributed by atoms with Gasteiger partial charge in [0.25, 0.3) is 0 Å². The molecule has 0 amide bonds. The lowest BCUT2D eigenvalue weighted by molar-refractivity contribution is -0.115. The van der Waals surface area contributed by atoms with Crippen molar-refractivity contribution in [2.45, 2.75) is 19.3 Å². The van der Waals surface area contributed by atoms with Crippen LogP contribution in [-0.4, -0.2) is 5.24 Å². The SMILES string of the molecule is CC(C)(C(=O)Cl)c1ccsc1. The third-order valence-corrected chi connectivity index (χ3v) is 2.89. The number of thiophene rings is 1. The van der Waals surface area contributed by atoms with E-state index in [-0.39, 0.29) is 5.24 Å². The van der Waals surface area contributed by atoms with Crippen molar-refractivity contribution in [3.05, 3.63) is 22.4 Å². The average molecular weight is 189 g/mol. The first-order chi connectivity index (χ1) is 5.05. The fourth-order valence-corrected chi connectivity index (χ4v) is 1.67. The summed E-state index contributed by atoms with van der Waals surface area (Å²) in [6.45, 7) is 3.65. The topological polar surface area (TPSA) is 17.1 Å². The molecule has 0 aliphatic carbocycles. The van der Waals surface area contributed by atoms with Gasteiger partial charge in [-0.05, 0) is 47.8 Å². The van der Waals surface area contributed by atoms with Crippen LogP contribution in [0.25, 0.3) is 0 Å². The van der Waals surface area contributed by atoms with Gasteiger partial charge in [-0.2, -0.15) is 11.3 Å². The van der Waals surface area contributed by atoms with Gasteiger partial charge in [-0.1, -0.05) is 0 Å². The Morgan fingerprint density at radius 1 is 1.64 bits per heavy atom. The van der Waals surface area contributed by atoms with Crippen LogP contribution in [0.1, 0.15) is 19.4 Å². The molecular formula is C8H9ClOS. The van der Waals surface area contributed by atoms with E-state index in [1.807, 2.05) is 30.7 Å². The molecule has 1 aromatic heterocycles. The molecule has 0 spiro atoms. The van der Waals surface area contributed by atoms with E-state index in [0.717, 1.165) is 5.56 Å². The maximum absolute atomic E-state index is 10.9. The summed E-state index contributed by atoms with van der Waals surface area (Å²) in [6.07, 6.45) is 0. The lowest BCUT2D eigenvalue weighted by atomic mass is 9.88. The minimum atomic E-state index is -0.540. The summed E-state index contributed by atoms with van der Waals surface area (Å²) in [4.78, 5) is 10.9. The second-order valence-electron chi connectivity index (χ2n) is 2.91. The van der Waals surface area contributed by atoms with E-state index in [0.29, 0.717) is 0 Å². The Kier molecular flexibility index (Phi) is 2.35. The van der Waals surface area contributed by atoms with Crippen molar-refractivity contribution in [2.24, 2.45) is 0 Å². The van der Waals surface area contributed by atoms with Crippen LogP contribution in [0.5, 0.6) is 0 Å². The molecule has 0 aliphatic heterocycles. The number of halogens is 1. The molecule has 3 heteroatoms. The van der Waals surface area contributed by atoms with Gasteiger partial charge in [-0.25, -0.2) is 0 Å². The predicted octanol–water partition coefficient (Wildman–Crippen LogP) is 2.79. The van der Waals surface area contributed by atoms with E-state index in [1.54, 1.807) is 11.3 Å². The zero-order valence-corrected chi connectivity index (χ0v) is 8.00. The summed E-state index contributed by atoms with van der Waals surface area (Å²) in [7, 11) is 0. The highest BCUT2D eigenvalue weighted by Crippen LogP contribution is 2.27. The van der Waals surface area contributed by atoms with Crippen molar-refractivity contribution in [1.29, 1.82) is 0 Å². The Morgan fingerprint density at radius 3 is 2.64 bits per heavy atom. The monoisotopic (exact) mass is 188 g/mol. The minimum absolute atomic E-state index is 0.309. The number of carbonyl (C=O) groups excluding carboxylic acids is 1. The Morgan fingerprint density at radius 2 is 2.27 bits per heavy atom. The van der Waals surface area contributed by atoms with Gasteiger partial charge in [-0.15, -0.1) is 0 Å². The molecule has 0 N–H and O–H groups in total. The molecule has 1 nitrogen and oxygen atoms in total. The molecule has 0 aliphatic rings. The summed E-state index contributed by atoms with van der Waals surface area (Å²) < 4.78 is 0. The third-order valence-electron chi connectivity index (χ3n) is 1.73. The van der Waals surface area contributed by atoms with Crippen molar-refractivity contribution in [1.82, 2.24) is 0 Å². The largest absolute Gasteiger partial charge is 0.280 e. The molecule has 0 bridgehead atoms. The number of rotatable bonds is 2. The van der Waals surface area contributed by atoms with Crippen LogP contribution >= 0.6 is 22.9 Å². The summed E-state index contributed by atoms with van der Waals surface area (Å²) >= 11 is 7.00. The molecule has 1 heterocycles. The molecule has 0 radical (unpaired) electrons. The summed E-state index contributed by atoms with van der Waals surface area (Å²) in [5, 5.41) is 3.58. The quantitative estimate of drug-likeness (QED) is 0.653. The van der Waals surface area contributed by atoms with Crippen LogP contribution < -0.4 is 0 Å². The smallest absolute Gasteiger partial charge is 0.231 e. The van der Waals surface area contributed by atoms with Gasteiger partial charge in [-0.3, -0.25) is 4.79 Å². The van der Waals surface area contributed by atoms with Crippen molar-refractivity contribution >= 4 is 28.2 Å². The first-order valence-electron chi connectivity index (χ1n) is 3.28. The Balaban J connectivity index is 3.00. The standard InChI is InChI=1S/C8H9ClOS/c1-8(2,7(9)10)6-3-4-11-5-6/h3-5H,1-2H3. The van der Waals surface area contributed by atoms with E-state index < -0.39 is 5.41 Å². The van der Waals surface area contributed by atoms with E-state index in [2.05, 4.69) is 0 Å². The van der Waals surface area contributed by atoms with Crippen LogP contribution in [0.3, 0.4) is 0 Å². The first kappa shape index (κ1) is 8.75. The highest BCUT2D eigenvalue weighted by Gasteiger charge is 2.28. The summed E-state index contributed by atoms with van der Waals surface area (Å²) in [5.41, 5.74) is 0.448. The minimum Gasteiger partial charge on any atom is -0.280 e. The van der Waals surface area contributed by atoms with Gasteiger partial charge >= 0.3 is 0 Å². The third kappa shape index (κ3) is 1.63. The van der Waals surface area contributed by atoms with Crippen LogP contribution in [-0.2, 0) is 10.2 Å². The van der Waals surface area contributed by atoms with Gasteiger partial charge in [0, 0.05) is 0 Å². The molecule has 0 unspecified atom stereocenters. The second-order valence-corrected chi connectivity index (χ2v) is 4.03. The molecule has 60 valence electrons. The van der Waals surface area contributed by atoms with Gasteiger partial charge in [0.05, 0.1) is 5.41 Å². The highest BCUT2D eigenvalue weighted by atomic mass is 35.5. The lowest BCUT2D eigenvalue weighted by Gasteiger charge is -2.17. The van der Waals surface area contributed by atoms with Crippen molar-refractivity contribution in [2.75, 3.05) is 0 Å². The summed E-state index contributed by atoms with van der Waals surface area (Å²) in [5.74, 6) is 0. The Labute approximate surface area is 75.0 Å². The van der Waals surface area contributed by atoms with Crippen molar-refractivity contribution in [3.8, 4) is 0 Å². The molecule has 0 saturated heterocycles. The van der Waals surface area contributed by atoms with E-state index in [4.69, 9.17) is 11.6 Å². The number of hydrogen-bond donors (Lipinski definition) is 0. The van der Waals surface area contributed by atoms with Gasteiger partial charge < -0.3 is 0 Å². The first-order valence-corrected chi connectivity index (χ1v) is 4.60. The molecular weight excluding hydrogens is 180 g/mol. The van der Waals surface area contributed by atoms with Crippen LogP contribution in [0, 0.1) is 0 Å². The van der Waals surface area contributed by atoms with Crippen molar-refractivity contribution in [3.63, 3.8) is 0 Å². The fraction of sp³-hybridized carbons (Fsp3) is 0.375. The van der Waals surface area contributed by atoms with Crippen LogP contribution in [0.15, 0.2) is 16.8 Å². The van der Waals surface area contributed by atoms with Crippen LogP contribution in [0.2, 0.25) is 0 Å². The Hall–Kier alpha value is -0.340. The molecule has 1 rings (SSSR count). The fourth-order valence-electron chi connectivity index (χ4n) is 0.734.